The van der Waals surface area contributed by atoms with Crippen LogP contribution in [-0.4, -0.2) is 15.7 Å². The summed E-state index contributed by atoms with van der Waals surface area (Å²) in [5.74, 6) is 0.634. The van der Waals surface area contributed by atoms with Gasteiger partial charge in [0.2, 0.25) is 0 Å². The Morgan fingerprint density at radius 3 is 2.40 bits per heavy atom. The molecular formula is C16H25N3O. The first-order chi connectivity index (χ1) is 9.45. The SMILES string of the molecule is CCNC(CC(C)C)c1ccc2c(c1)n(C)c(=O)n2C. The van der Waals surface area contributed by atoms with Crippen LogP contribution in [0, 0.1) is 5.92 Å². The highest BCUT2D eigenvalue weighted by Crippen LogP contribution is 2.24. The molecular weight excluding hydrogens is 250 g/mol. The molecule has 1 aromatic carbocycles. The zero-order valence-corrected chi connectivity index (χ0v) is 13.1. The van der Waals surface area contributed by atoms with Crippen molar-refractivity contribution in [3.8, 4) is 0 Å². The number of aryl methyl sites for hydroxylation is 2. The molecule has 0 fully saturated rings. The van der Waals surface area contributed by atoms with Crippen LogP contribution in [0.1, 0.15) is 38.8 Å². The lowest BCUT2D eigenvalue weighted by Gasteiger charge is -2.20. The average Bonchev–Trinajstić information content (AvgIpc) is 2.63. The fourth-order valence-corrected chi connectivity index (χ4v) is 2.80. The van der Waals surface area contributed by atoms with Gasteiger partial charge < -0.3 is 5.32 Å². The molecule has 0 saturated carbocycles. The maximum absolute atomic E-state index is 12.0. The van der Waals surface area contributed by atoms with Crippen LogP contribution in [0.3, 0.4) is 0 Å². The first-order valence-electron chi connectivity index (χ1n) is 7.34. The highest BCUT2D eigenvalue weighted by Gasteiger charge is 2.15. The summed E-state index contributed by atoms with van der Waals surface area (Å²) >= 11 is 0. The van der Waals surface area contributed by atoms with E-state index in [0.29, 0.717) is 12.0 Å². The molecule has 0 aliphatic heterocycles. The molecule has 20 heavy (non-hydrogen) atoms. The van der Waals surface area contributed by atoms with E-state index in [1.165, 1.54) is 5.56 Å². The van der Waals surface area contributed by atoms with Gasteiger partial charge in [0.15, 0.2) is 0 Å². The van der Waals surface area contributed by atoms with E-state index < -0.39 is 0 Å². The number of fused-ring (bicyclic) bond motifs is 1. The molecule has 1 aromatic heterocycles. The standard InChI is InChI=1S/C16H25N3O/c1-6-17-13(9-11(2)3)12-7-8-14-15(10-12)19(5)16(20)18(14)4/h7-8,10-11,13,17H,6,9H2,1-5H3. The lowest BCUT2D eigenvalue weighted by Crippen LogP contribution is -2.22. The van der Waals surface area contributed by atoms with Crippen molar-refractivity contribution in [2.75, 3.05) is 6.54 Å². The van der Waals surface area contributed by atoms with E-state index in [1.807, 2.05) is 14.1 Å². The lowest BCUT2D eigenvalue weighted by atomic mass is 9.96. The second-order valence-corrected chi connectivity index (χ2v) is 5.89. The third kappa shape index (κ3) is 2.66. The Kier molecular flexibility index (Phi) is 4.33. The zero-order valence-electron chi connectivity index (χ0n) is 13.1. The predicted molar refractivity (Wildman–Crippen MR) is 84.0 cm³/mol. The second kappa shape index (κ2) is 5.83. The van der Waals surface area contributed by atoms with E-state index in [-0.39, 0.29) is 5.69 Å². The Hall–Kier alpha value is -1.55. The van der Waals surface area contributed by atoms with Gasteiger partial charge >= 0.3 is 5.69 Å². The number of nitrogens with zero attached hydrogens (tertiary/aromatic N) is 2. The van der Waals surface area contributed by atoms with Gasteiger partial charge in [-0.2, -0.15) is 0 Å². The van der Waals surface area contributed by atoms with Crippen LogP contribution in [0.5, 0.6) is 0 Å². The molecule has 110 valence electrons. The molecule has 2 aromatic rings. The zero-order chi connectivity index (χ0) is 14.9. The van der Waals surface area contributed by atoms with Gasteiger partial charge in [-0.1, -0.05) is 26.8 Å². The Bertz CT molecular complexity index is 652. The molecule has 4 heteroatoms. The molecule has 0 saturated heterocycles. The minimum Gasteiger partial charge on any atom is -0.310 e. The molecule has 0 spiro atoms. The van der Waals surface area contributed by atoms with Gasteiger partial charge in [0.05, 0.1) is 11.0 Å². The van der Waals surface area contributed by atoms with Crippen LogP contribution in [0.15, 0.2) is 23.0 Å². The summed E-state index contributed by atoms with van der Waals surface area (Å²) in [5.41, 5.74) is 3.28. The third-order valence-electron chi connectivity index (χ3n) is 3.86. The molecule has 1 unspecified atom stereocenters. The van der Waals surface area contributed by atoms with Gasteiger partial charge in [0.25, 0.3) is 0 Å². The summed E-state index contributed by atoms with van der Waals surface area (Å²) < 4.78 is 3.42. The van der Waals surface area contributed by atoms with Gasteiger partial charge in [0, 0.05) is 20.1 Å². The fourth-order valence-electron chi connectivity index (χ4n) is 2.80. The number of nitrogens with one attached hydrogen (secondary N) is 1. The largest absolute Gasteiger partial charge is 0.328 e. The van der Waals surface area contributed by atoms with E-state index >= 15 is 0 Å². The highest BCUT2D eigenvalue weighted by molar-refractivity contribution is 5.77. The quantitative estimate of drug-likeness (QED) is 0.911. The maximum atomic E-state index is 12.0. The average molecular weight is 275 g/mol. The van der Waals surface area contributed by atoms with Gasteiger partial charge in [-0.25, -0.2) is 4.79 Å². The van der Waals surface area contributed by atoms with E-state index in [0.717, 1.165) is 24.0 Å². The molecule has 0 amide bonds. The summed E-state index contributed by atoms with van der Waals surface area (Å²) in [5, 5.41) is 3.54. The lowest BCUT2D eigenvalue weighted by molar-refractivity contribution is 0.438. The van der Waals surface area contributed by atoms with Crippen LogP contribution in [-0.2, 0) is 14.1 Å². The summed E-state index contributed by atoms with van der Waals surface area (Å²) in [6, 6.07) is 6.68. The predicted octanol–water partition coefficient (Wildman–Crippen LogP) is 2.57. The van der Waals surface area contributed by atoms with Crippen LogP contribution in [0.2, 0.25) is 0 Å². The van der Waals surface area contributed by atoms with Crippen LogP contribution in [0.25, 0.3) is 11.0 Å². The van der Waals surface area contributed by atoms with Crippen molar-refractivity contribution in [3.05, 3.63) is 34.2 Å². The normalized spacial score (nSPS) is 13.3. The third-order valence-corrected chi connectivity index (χ3v) is 3.86. The summed E-state index contributed by atoms with van der Waals surface area (Å²) in [4.78, 5) is 12.0. The summed E-state index contributed by atoms with van der Waals surface area (Å²) in [7, 11) is 3.65. The van der Waals surface area contributed by atoms with E-state index in [4.69, 9.17) is 0 Å². The Morgan fingerprint density at radius 2 is 1.80 bits per heavy atom. The Labute approximate surface area is 120 Å². The Balaban J connectivity index is 2.48. The van der Waals surface area contributed by atoms with Crippen molar-refractivity contribution in [3.63, 3.8) is 0 Å². The van der Waals surface area contributed by atoms with E-state index in [9.17, 15) is 4.79 Å². The molecule has 0 radical (unpaired) electrons. The topological polar surface area (TPSA) is 39.0 Å². The minimum absolute atomic E-state index is 0.0287. The smallest absolute Gasteiger partial charge is 0.310 e. The van der Waals surface area contributed by atoms with Gasteiger partial charge in [-0.15, -0.1) is 0 Å². The molecule has 2 rings (SSSR count). The molecule has 4 nitrogen and oxygen atoms in total. The molecule has 1 heterocycles. The van der Waals surface area contributed by atoms with Crippen LogP contribution < -0.4 is 11.0 Å². The van der Waals surface area contributed by atoms with Crippen LogP contribution >= 0.6 is 0 Å². The van der Waals surface area contributed by atoms with Gasteiger partial charge in [0.1, 0.15) is 0 Å². The van der Waals surface area contributed by atoms with Gasteiger partial charge in [-0.3, -0.25) is 9.13 Å². The fraction of sp³-hybridized carbons (Fsp3) is 0.562. The highest BCUT2D eigenvalue weighted by atomic mass is 16.1. The molecule has 1 N–H and O–H groups in total. The van der Waals surface area contributed by atoms with Crippen molar-refractivity contribution in [2.24, 2.45) is 20.0 Å². The van der Waals surface area contributed by atoms with Crippen molar-refractivity contribution in [1.82, 2.24) is 14.5 Å². The Morgan fingerprint density at radius 1 is 1.15 bits per heavy atom. The van der Waals surface area contributed by atoms with Gasteiger partial charge in [-0.05, 0) is 36.6 Å². The van der Waals surface area contributed by atoms with Crippen molar-refractivity contribution in [1.29, 1.82) is 0 Å². The van der Waals surface area contributed by atoms with E-state index in [1.54, 1.807) is 9.13 Å². The molecule has 0 bridgehead atoms. The monoisotopic (exact) mass is 275 g/mol. The van der Waals surface area contributed by atoms with Crippen molar-refractivity contribution >= 4 is 11.0 Å². The number of hydrogen-bond acceptors (Lipinski definition) is 2. The first kappa shape index (κ1) is 14.9. The molecule has 0 aliphatic carbocycles. The first-order valence-corrected chi connectivity index (χ1v) is 7.34. The number of aromatic nitrogens is 2. The molecule has 0 aliphatic rings. The van der Waals surface area contributed by atoms with Crippen LogP contribution in [0.4, 0.5) is 0 Å². The number of rotatable bonds is 5. The minimum atomic E-state index is 0.0287. The maximum Gasteiger partial charge on any atom is 0.328 e. The molecule has 1 atom stereocenters. The summed E-state index contributed by atoms with van der Waals surface area (Å²) in [6.45, 7) is 7.55. The van der Waals surface area contributed by atoms with Crippen molar-refractivity contribution < 1.29 is 0 Å². The summed E-state index contributed by atoms with van der Waals surface area (Å²) in [6.07, 6.45) is 1.10. The number of hydrogen-bond donors (Lipinski definition) is 1. The van der Waals surface area contributed by atoms with Crippen molar-refractivity contribution in [2.45, 2.75) is 33.2 Å². The van der Waals surface area contributed by atoms with E-state index in [2.05, 4.69) is 44.3 Å². The number of imidazole rings is 1. The second-order valence-electron chi connectivity index (χ2n) is 5.89. The number of benzene rings is 1.